The number of nitrogens with zero attached hydrogens (tertiary/aromatic N) is 2. The van der Waals surface area contributed by atoms with Gasteiger partial charge in [-0.15, -0.1) is 11.8 Å². The van der Waals surface area contributed by atoms with E-state index in [1.807, 2.05) is 60.7 Å². The zero-order valence-corrected chi connectivity index (χ0v) is 16.6. The van der Waals surface area contributed by atoms with Crippen LogP contribution in [-0.4, -0.2) is 27.9 Å². The van der Waals surface area contributed by atoms with Crippen molar-refractivity contribution in [1.82, 2.24) is 9.55 Å². The van der Waals surface area contributed by atoms with Crippen LogP contribution in [0.15, 0.2) is 72.1 Å². The number of hydrogen-bond acceptors (Lipinski definition) is 4. The van der Waals surface area contributed by atoms with Crippen LogP contribution >= 0.6 is 23.4 Å². The van der Waals surface area contributed by atoms with Crippen LogP contribution in [0.1, 0.15) is 22.3 Å². The third-order valence-corrected chi connectivity index (χ3v) is 5.73. The maximum Gasteiger partial charge on any atom is 0.337 e. The van der Waals surface area contributed by atoms with Gasteiger partial charge in [-0.2, -0.15) is 0 Å². The van der Waals surface area contributed by atoms with Crippen molar-refractivity contribution in [2.24, 2.45) is 0 Å². The number of imidazole rings is 1. The van der Waals surface area contributed by atoms with Crippen LogP contribution in [0.4, 0.5) is 0 Å². The Morgan fingerprint density at radius 2 is 1.93 bits per heavy atom. The summed E-state index contributed by atoms with van der Waals surface area (Å²) in [6.45, 7) is 0.872. The maximum absolute atomic E-state index is 11.6. The first-order valence-corrected chi connectivity index (χ1v) is 9.95. The molecule has 0 bridgehead atoms. The van der Waals surface area contributed by atoms with E-state index in [4.69, 9.17) is 16.3 Å². The van der Waals surface area contributed by atoms with Crippen molar-refractivity contribution in [2.75, 3.05) is 7.11 Å². The number of carbonyl (C=O) groups excluding carboxylic acids is 1. The molecule has 27 heavy (non-hydrogen) atoms. The average molecular weight is 401 g/mol. The standard InChI is InChI=1S/C21H21ClN2O2S/c1-26-21(25)17-5-10-19(11-6-17)27-20(14-24-13-12-23-15-24)9-4-16-2-7-18(22)8-3-16/h2-3,5-8,10-13,15,20H,4,9,14H2,1H3. The van der Waals surface area contributed by atoms with E-state index in [0.717, 1.165) is 29.3 Å². The first-order valence-electron chi connectivity index (χ1n) is 8.69. The van der Waals surface area contributed by atoms with Gasteiger partial charge >= 0.3 is 5.97 Å². The molecular formula is C21H21ClN2O2S. The number of halogens is 1. The van der Waals surface area contributed by atoms with Gasteiger partial charge in [-0.1, -0.05) is 23.7 Å². The van der Waals surface area contributed by atoms with Gasteiger partial charge in [0.25, 0.3) is 0 Å². The molecule has 4 nitrogen and oxygen atoms in total. The second-order valence-corrected chi connectivity index (χ2v) is 7.99. The van der Waals surface area contributed by atoms with Gasteiger partial charge in [0, 0.05) is 34.1 Å². The molecule has 1 heterocycles. The fraction of sp³-hybridized carbons (Fsp3) is 0.238. The largest absolute Gasteiger partial charge is 0.465 e. The van der Waals surface area contributed by atoms with E-state index in [2.05, 4.69) is 21.7 Å². The molecule has 6 heteroatoms. The van der Waals surface area contributed by atoms with Crippen molar-refractivity contribution in [1.29, 1.82) is 0 Å². The molecule has 0 aliphatic carbocycles. The Bertz CT molecular complexity index is 849. The number of rotatable bonds is 8. The van der Waals surface area contributed by atoms with Gasteiger partial charge in [-0.25, -0.2) is 9.78 Å². The van der Waals surface area contributed by atoms with Gasteiger partial charge in [0.1, 0.15) is 0 Å². The molecule has 0 fully saturated rings. The second-order valence-electron chi connectivity index (χ2n) is 6.18. The summed E-state index contributed by atoms with van der Waals surface area (Å²) in [6.07, 6.45) is 7.62. The molecule has 0 saturated heterocycles. The van der Waals surface area contributed by atoms with E-state index >= 15 is 0 Å². The highest BCUT2D eigenvalue weighted by atomic mass is 35.5. The van der Waals surface area contributed by atoms with Crippen LogP contribution in [0, 0.1) is 0 Å². The molecule has 0 spiro atoms. The second kappa shape index (κ2) is 9.62. The van der Waals surface area contributed by atoms with Crippen molar-refractivity contribution < 1.29 is 9.53 Å². The molecule has 0 aliphatic rings. The number of hydrogen-bond donors (Lipinski definition) is 0. The molecule has 0 saturated carbocycles. The smallest absolute Gasteiger partial charge is 0.337 e. The molecular weight excluding hydrogens is 380 g/mol. The maximum atomic E-state index is 11.6. The van der Waals surface area contributed by atoms with E-state index in [0.29, 0.717) is 10.8 Å². The molecule has 2 aromatic carbocycles. The van der Waals surface area contributed by atoms with E-state index < -0.39 is 0 Å². The molecule has 1 atom stereocenters. The van der Waals surface area contributed by atoms with Crippen LogP contribution in [0.25, 0.3) is 0 Å². The third kappa shape index (κ3) is 5.88. The van der Waals surface area contributed by atoms with Crippen molar-refractivity contribution in [3.8, 4) is 0 Å². The van der Waals surface area contributed by atoms with Gasteiger partial charge in [-0.05, 0) is 54.8 Å². The fourth-order valence-corrected chi connectivity index (χ4v) is 4.06. The highest BCUT2D eigenvalue weighted by molar-refractivity contribution is 8.00. The van der Waals surface area contributed by atoms with E-state index in [1.165, 1.54) is 12.7 Å². The molecule has 3 aromatic rings. The summed E-state index contributed by atoms with van der Waals surface area (Å²) < 4.78 is 6.86. The molecule has 140 valence electrons. The minimum absolute atomic E-state index is 0.316. The number of benzene rings is 2. The average Bonchev–Trinajstić information content (AvgIpc) is 3.20. The van der Waals surface area contributed by atoms with Crippen LogP contribution in [0.2, 0.25) is 5.02 Å². The molecule has 0 amide bonds. The highest BCUT2D eigenvalue weighted by Gasteiger charge is 2.13. The lowest BCUT2D eigenvalue weighted by atomic mass is 10.1. The highest BCUT2D eigenvalue weighted by Crippen LogP contribution is 2.28. The number of thioether (sulfide) groups is 1. The van der Waals surface area contributed by atoms with Gasteiger partial charge in [0.15, 0.2) is 0 Å². The van der Waals surface area contributed by atoms with Gasteiger partial charge < -0.3 is 9.30 Å². The lowest BCUT2D eigenvalue weighted by Crippen LogP contribution is -2.13. The van der Waals surface area contributed by atoms with E-state index in [1.54, 1.807) is 6.20 Å². The monoisotopic (exact) mass is 400 g/mol. The van der Waals surface area contributed by atoms with Crippen LogP contribution in [-0.2, 0) is 17.7 Å². The Morgan fingerprint density at radius 1 is 1.19 bits per heavy atom. The first-order chi connectivity index (χ1) is 13.1. The lowest BCUT2D eigenvalue weighted by Gasteiger charge is -2.17. The Kier molecular flexibility index (Phi) is 6.96. The normalized spacial score (nSPS) is 11.9. The lowest BCUT2D eigenvalue weighted by molar-refractivity contribution is 0.0600. The Morgan fingerprint density at radius 3 is 2.56 bits per heavy atom. The zero-order chi connectivity index (χ0) is 19.1. The van der Waals surface area contributed by atoms with Gasteiger partial charge in [-0.3, -0.25) is 0 Å². The molecule has 0 N–H and O–H groups in total. The predicted octanol–water partition coefficient (Wildman–Crippen LogP) is 5.12. The van der Waals surface area contributed by atoms with E-state index in [-0.39, 0.29) is 5.97 Å². The summed E-state index contributed by atoms with van der Waals surface area (Å²) in [7, 11) is 1.39. The summed E-state index contributed by atoms with van der Waals surface area (Å²) in [4.78, 5) is 16.9. The number of aromatic nitrogens is 2. The van der Waals surface area contributed by atoms with Crippen LogP contribution in [0.5, 0.6) is 0 Å². The predicted molar refractivity (Wildman–Crippen MR) is 109 cm³/mol. The minimum Gasteiger partial charge on any atom is -0.465 e. The number of carbonyl (C=O) groups is 1. The molecule has 3 rings (SSSR count). The molecule has 1 unspecified atom stereocenters. The van der Waals surface area contributed by atoms with Gasteiger partial charge in [0.2, 0.25) is 0 Å². The van der Waals surface area contributed by atoms with Crippen molar-refractivity contribution >= 4 is 29.3 Å². The van der Waals surface area contributed by atoms with Crippen LogP contribution in [0.3, 0.4) is 0 Å². The van der Waals surface area contributed by atoms with Crippen molar-refractivity contribution in [2.45, 2.75) is 29.5 Å². The summed E-state index contributed by atoms with van der Waals surface area (Å²) in [5.41, 5.74) is 1.84. The van der Waals surface area contributed by atoms with Crippen molar-refractivity contribution in [3.05, 3.63) is 83.4 Å². The van der Waals surface area contributed by atoms with Gasteiger partial charge in [0.05, 0.1) is 19.0 Å². The number of methoxy groups -OCH3 is 1. The summed E-state index contributed by atoms with van der Waals surface area (Å²) in [5, 5.41) is 1.13. The SMILES string of the molecule is COC(=O)c1ccc(SC(CCc2ccc(Cl)cc2)Cn2ccnc2)cc1. The summed E-state index contributed by atoms with van der Waals surface area (Å²) in [6, 6.07) is 15.6. The summed E-state index contributed by atoms with van der Waals surface area (Å²) in [5.74, 6) is -0.316. The minimum atomic E-state index is -0.316. The van der Waals surface area contributed by atoms with E-state index in [9.17, 15) is 4.79 Å². The molecule has 0 aliphatic heterocycles. The Balaban J connectivity index is 1.67. The quantitative estimate of drug-likeness (QED) is 0.389. The Labute approximate surface area is 168 Å². The fourth-order valence-electron chi connectivity index (χ4n) is 2.78. The third-order valence-electron chi connectivity index (χ3n) is 4.22. The number of aryl methyl sites for hydroxylation is 1. The number of esters is 1. The first kappa shape index (κ1) is 19.5. The topological polar surface area (TPSA) is 44.1 Å². The Hall–Kier alpha value is -2.24. The van der Waals surface area contributed by atoms with Crippen LogP contribution < -0.4 is 0 Å². The zero-order valence-electron chi connectivity index (χ0n) is 15.0. The molecule has 1 aromatic heterocycles. The summed E-state index contributed by atoms with van der Waals surface area (Å²) >= 11 is 7.79. The van der Waals surface area contributed by atoms with Crippen molar-refractivity contribution in [3.63, 3.8) is 0 Å². The number of ether oxygens (including phenoxy) is 1. The molecule has 0 radical (unpaired) electrons.